The van der Waals surface area contributed by atoms with E-state index in [1.54, 1.807) is 0 Å². The fraction of sp³-hybridized carbons (Fsp3) is 0.250. The number of hydrogen-bond donors (Lipinski definition) is 0. The van der Waals surface area contributed by atoms with E-state index in [0.29, 0.717) is 18.2 Å². The van der Waals surface area contributed by atoms with Crippen LogP contribution in [0.3, 0.4) is 0 Å². The van der Waals surface area contributed by atoms with Gasteiger partial charge in [0.05, 0.1) is 4.92 Å². The van der Waals surface area contributed by atoms with Crippen molar-refractivity contribution in [3.63, 3.8) is 0 Å². The summed E-state index contributed by atoms with van der Waals surface area (Å²) < 4.78 is 76.3. The van der Waals surface area contributed by atoms with Crippen LogP contribution in [0.5, 0.6) is 5.75 Å². The van der Waals surface area contributed by atoms with Gasteiger partial charge >= 0.3 is 12.5 Å². The van der Waals surface area contributed by atoms with Crippen molar-refractivity contribution in [3.8, 4) is 5.75 Å². The number of rotatable bonds is 2. The molecule has 0 fully saturated rings. The van der Waals surface area contributed by atoms with Crippen LogP contribution in [-0.4, -0.2) is 11.3 Å². The highest BCUT2D eigenvalue weighted by Gasteiger charge is 2.44. The zero-order valence-electron chi connectivity index (χ0n) is 8.17. The van der Waals surface area contributed by atoms with Gasteiger partial charge in [0.15, 0.2) is 5.56 Å². The van der Waals surface area contributed by atoms with Crippen LogP contribution >= 0.6 is 0 Å². The summed E-state index contributed by atoms with van der Waals surface area (Å²) in [5.41, 5.74) is -3.59. The molecule has 4 nitrogen and oxygen atoms in total. The Bertz CT molecular complexity index is 467. The number of halogens is 6. The molecule has 100 valence electrons. The van der Waals surface area contributed by atoms with Gasteiger partial charge in [-0.3, -0.25) is 10.1 Å². The van der Waals surface area contributed by atoms with Crippen LogP contribution in [0.25, 0.3) is 0 Å². The molecule has 0 heterocycles. The van der Waals surface area contributed by atoms with Gasteiger partial charge in [-0.15, -0.1) is 13.2 Å². The molecule has 1 aromatic rings. The summed E-state index contributed by atoms with van der Waals surface area (Å²) in [6.07, 6.45) is -10.7. The number of hydrogen-bond acceptors (Lipinski definition) is 3. The van der Waals surface area contributed by atoms with E-state index in [9.17, 15) is 36.5 Å². The maximum atomic E-state index is 12.5. The number of nitro groups is 1. The summed E-state index contributed by atoms with van der Waals surface area (Å²) in [7, 11) is 0. The lowest BCUT2D eigenvalue weighted by Crippen LogP contribution is -2.20. The van der Waals surface area contributed by atoms with Crippen molar-refractivity contribution >= 4 is 5.69 Å². The molecule has 18 heavy (non-hydrogen) atoms. The van der Waals surface area contributed by atoms with Crippen molar-refractivity contribution in [2.24, 2.45) is 0 Å². The highest BCUT2D eigenvalue weighted by Crippen LogP contribution is 2.43. The lowest BCUT2D eigenvalue weighted by Gasteiger charge is -2.14. The van der Waals surface area contributed by atoms with E-state index >= 15 is 0 Å². The van der Waals surface area contributed by atoms with Crippen molar-refractivity contribution in [1.29, 1.82) is 0 Å². The molecule has 0 aliphatic heterocycles. The second-order valence-electron chi connectivity index (χ2n) is 2.95. The summed E-state index contributed by atoms with van der Waals surface area (Å²) in [6.45, 7) is 0. The third-order valence-corrected chi connectivity index (χ3v) is 1.71. The lowest BCUT2D eigenvalue weighted by atomic mass is 10.1. The number of alkyl halides is 6. The van der Waals surface area contributed by atoms with E-state index in [4.69, 9.17) is 0 Å². The average molecular weight is 275 g/mol. The molecule has 0 saturated carbocycles. The maximum Gasteiger partial charge on any atom is 0.573 e. The topological polar surface area (TPSA) is 52.4 Å². The molecular weight excluding hydrogens is 272 g/mol. The Morgan fingerprint density at radius 1 is 1.11 bits per heavy atom. The van der Waals surface area contributed by atoms with Gasteiger partial charge in [-0.05, 0) is 6.07 Å². The Morgan fingerprint density at radius 3 is 2.06 bits per heavy atom. The molecule has 0 saturated heterocycles. The average Bonchev–Trinajstić information content (AvgIpc) is 2.12. The highest BCUT2D eigenvalue weighted by atomic mass is 19.4. The first-order valence-electron chi connectivity index (χ1n) is 4.12. The quantitative estimate of drug-likeness (QED) is 0.471. The van der Waals surface area contributed by atoms with Crippen molar-refractivity contribution in [1.82, 2.24) is 0 Å². The molecule has 0 spiro atoms. The summed E-state index contributed by atoms with van der Waals surface area (Å²) in [6, 6.07) is 1.45. The molecule has 0 unspecified atom stereocenters. The molecule has 0 atom stereocenters. The molecule has 1 aromatic carbocycles. The fourth-order valence-electron chi connectivity index (χ4n) is 1.17. The van der Waals surface area contributed by atoms with E-state index in [0.717, 1.165) is 0 Å². The van der Waals surface area contributed by atoms with E-state index < -0.39 is 34.5 Å². The Labute approximate surface area is 94.9 Å². The number of nitro benzene ring substituents is 1. The summed E-state index contributed by atoms with van der Waals surface area (Å²) in [5.74, 6) is -1.66. The predicted molar refractivity (Wildman–Crippen MR) is 44.8 cm³/mol. The van der Waals surface area contributed by atoms with Gasteiger partial charge in [-0.25, -0.2) is 0 Å². The Hall–Kier alpha value is -2.00. The van der Waals surface area contributed by atoms with E-state index in [1.807, 2.05) is 0 Å². The van der Waals surface area contributed by atoms with Gasteiger partial charge in [0.25, 0.3) is 5.69 Å². The van der Waals surface area contributed by atoms with Crippen LogP contribution in [0.15, 0.2) is 18.2 Å². The van der Waals surface area contributed by atoms with Crippen LogP contribution in [-0.2, 0) is 6.18 Å². The molecule has 10 heteroatoms. The van der Waals surface area contributed by atoms with Crippen molar-refractivity contribution < 1.29 is 36.0 Å². The molecule has 0 aromatic heterocycles. The number of ether oxygens (including phenoxy) is 1. The predicted octanol–water partition coefficient (Wildman–Crippen LogP) is 3.51. The normalized spacial score (nSPS) is 12.3. The Kier molecular flexibility index (Phi) is 3.40. The van der Waals surface area contributed by atoms with Gasteiger partial charge < -0.3 is 4.74 Å². The summed E-state index contributed by atoms with van der Waals surface area (Å²) in [4.78, 5) is 8.92. The van der Waals surface area contributed by atoms with Gasteiger partial charge in [0, 0.05) is 6.07 Å². The standard InChI is InChI=1S/C8H3F6NO3/c9-7(10,11)6-4(15(16)17)2-1-3-5(6)18-8(12,13)14/h1-3H. The van der Waals surface area contributed by atoms with Gasteiger partial charge in [-0.1, -0.05) is 6.07 Å². The van der Waals surface area contributed by atoms with E-state index in [2.05, 4.69) is 4.74 Å². The first-order chi connectivity index (χ1) is 8.02. The molecule has 0 N–H and O–H groups in total. The van der Waals surface area contributed by atoms with Crippen molar-refractivity contribution in [3.05, 3.63) is 33.9 Å². The van der Waals surface area contributed by atoms with Crippen molar-refractivity contribution in [2.45, 2.75) is 12.5 Å². The zero-order valence-corrected chi connectivity index (χ0v) is 8.17. The van der Waals surface area contributed by atoms with E-state index in [-0.39, 0.29) is 0 Å². The minimum atomic E-state index is -5.38. The van der Waals surface area contributed by atoms with Crippen LogP contribution in [0.4, 0.5) is 32.0 Å². The highest BCUT2D eigenvalue weighted by molar-refractivity contribution is 5.51. The summed E-state index contributed by atoms with van der Waals surface area (Å²) in [5, 5.41) is 10.4. The number of benzene rings is 1. The molecule has 1 rings (SSSR count). The van der Waals surface area contributed by atoms with Gasteiger partial charge in [-0.2, -0.15) is 13.2 Å². The first kappa shape index (κ1) is 14.1. The lowest BCUT2D eigenvalue weighted by molar-refractivity contribution is -0.388. The first-order valence-corrected chi connectivity index (χ1v) is 4.12. The van der Waals surface area contributed by atoms with E-state index in [1.165, 1.54) is 0 Å². The van der Waals surface area contributed by atoms with Crippen molar-refractivity contribution in [2.75, 3.05) is 0 Å². The van der Waals surface area contributed by atoms with Crippen LogP contribution in [0.2, 0.25) is 0 Å². The Morgan fingerprint density at radius 2 is 1.67 bits per heavy atom. The zero-order chi connectivity index (χ0) is 14.1. The second-order valence-corrected chi connectivity index (χ2v) is 2.95. The van der Waals surface area contributed by atoms with Gasteiger partial charge in [0.1, 0.15) is 5.75 Å². The molecule has 0 radical (unpaired) electrons. The molecule has 0 bridgehead atoms. The van der Waals surface area contributed by atoms with Gasteiger partial charge in [0.2, 0.25) is 0 Å². The largest absolute Gasteiger partial charge is 0.573 e. The smallest absolute Gasteiger partial charge is 0.405 e. The second kappa shape index (κ2) is 4.35. The third kappa shape index (κ3) is 3.25. The molecule has 0 aliphatic carbocycles. The fourth-order valence-corrected chi connectivity index (χ4v) is 1.17. The minimum absolute atomic E-state index is 0.351. The minimum Gasteiger partial charge on any atom is -0.405 e. The molecule has 0 amide bonds. The van der Waals surface area contributed by atoms with Crippen LogP contribution in [0, 0.1) is 10.1 Å². The van der Waals surface area contributed by atoms with Crippen LogP contribution in [0.1, 0.15) is 5.56 Å². The van der Waals surface area contributed by atoms with Crippen LogP contribution < -0.4 is 4.74 Å². The third-order valence-electron chi connectivity index (χ3n) is 1.71. The molecular formula is C8H3F6NO3. The Balaban J connectivity index is 3.43. The molecule has 0 aliphatic rings. The summed E-state index contributed by atoms with van der Waals surface area (Å²) >= 11 is 0. The monoisotopic (exact) mass is 275 g/mol. The SMILES string of the molecule is O=[N+]([O-])c1cccc(OC(F)(F)F)c1C(F)(F)F. The number of nitrogens with zero attached hydrogens (tertiary/aromatic N) is 1. The maximum absolute atomic E-state index is 12.5.